The fraction of sp³-hybridized carbons (Fsp3) is 0.364. The summed E-state index contributed by atoms with van der Waals surface area (Å²) in [6.07, 6.45) is 2.73. The molecule has 3 rings (SSSR count). The predicted molar refractivity (Wildman–Crippen MR) is 65.8 cm³/mol. The molecule has 1 aliphatic rings. The quantitative estimate of drug-likeness (QED) is 0.862. The molecular weight excluding hydrogens is 236 g/mol. The first kappa shape index (κ1) is 10.5. The van der Waals surface area contributed by atoms with Gasteiger partial charge in [0.05, 0.1) is 11.7 Å². The zero-order valence-electron chi connectivity index (χ0n) is 9.14. The van der Waals surface area contributed by atoms with Gasteiger partial charge in [-0.2, -0.15) is 8.75 Å². The Morgan fingerprint density at radius 2 is 2.29 bits per heavy atom. The Labute approximate surface area is 102 Å². The number of hydrogen-bond donors (Lipinski definition) is 2. The summed E-state index contributed by atoms with van der Waals surface area (Å²) < 4.78 is 8.51. The summed E-state index contributed by atoms with van der Waals surface area (Å²) in [4.78, 5) is 10.9. The van der Waals surface area contributed by atoms with Gasteiger partial charge in [-0.15, -0.1) is 0 Å². The van der Waals surface area contributed by atoms with Gasteiger partial charge in [-0.1, -0.05) is 12.1 Å². The van der Waals surface area contributed by atoms with Gasteiger partial charge in [-0.25, -0.2) is 4.79 Å². The molecule has 6 heteroatoms. The lowest BCUT2D eigenvalue weighted by molar-refractivity contribution is 0.244. The molecule has 0 unspecified atom stereocenters. The zero-order valence-corrected chi connectivity index (χ0v) is 9.96. The van der Waals surface area contributed by atoms with E-state index in [4.69, 9.17) is 5.73 Å². The molecule has 1 aliphatic carbocycles. The molecule has 0 radical (unpaired) electrons. The van der Waals surface area contributed by atoms with Crippen molar-refractivity contribution in [3.05, 3.63) is 23.8 Å². The van der Waals surface area contributed by atoms with E-state index in [1.165, 1.54) is 11.7 Å². The normalized spacial score (nSPS) is 16.9. The number of urea groups is 1. The molecule has 0 saturated heterocycles. The lowest BCUT2D eigenvalue weighted by Gasteiger charge is -2.15. The highest BCUT2D eigenvalue weighted by Gasteiger charge is 2.44. The molecule has 0 bridgehead atoms. The topological polar surface area (TPSA) is 80.9 Å². The number of aromatic nitrogens is 2. The maximum absolute atomic E-state index is 10.9. The lowest BCUT2D eigenvalue weighted by atomic mass is 10.0. The molecular formula is C11H12N4OS. The number of nitrogens with two attached hydrogens (primary N) is 1. The number of primary amides is 1. The van der Waals surface area contributed by atoms with Gasteiger partial charge < -0.3 is 11.1 Å². The van der Waals surface area contributed by atoms with Crippen LogP contribution in [0.15, 0.2) is 18.2 Å². The molecule has 0 aliphatic heterocycles. The fourth-order valence-electron chi connectivity index (χ4n) is 2.13. The Morgan fingerprint density at radius 3 is 3.00 bits per heavy atom. The number of nitrogens with one attached hydrogen (secondary N) is 1. The Morgan fingerprint density at radius 1 is 1.47 bits per heavy atom. The van der Waals surface area contributed by atoms with E-state index in [1.54, 1.807) is 0 Å². The number of benzene rings is 1. The van der Waals surface area contributed by atoms with Gasteiger partial charge in [0.2, 0.25) is 0 Å². The van der Waals surface area contributed by atoms with Crippen molar-refractivity contribution in [2.45, 2.75) is 24.8 Å². The van der Waals surface area contributed by atoms with Crippen molar-refractivity contribution in [3.63, 3.8) is 0 Å². The third-order valence-corrected chi connectivity index (χ3v) is 3.68. The van der Waals surface area contributed by atoms with Crippen LogP contribution in [0, 0.1) is 0 Å². The zero-order chi connectivity index (χ0) is 11.9. The standard InChI is InChI=1S/C11H12N4OS/c12-10(16)13-11(4-5-11)6-7-2-1-3-8-9(7)15-17-14-8/h1-3H,4-6H2,(H3,12,13,16). The van der Waals surface area contributed by atoms with Gasteiger partial charge in [0.25, 0.3) is 0 Å². The molecule has 2 aromatic rings. The van der Waals surface area contributed by atoms with E-state index >= 15 is 0 Å². The molecule has 1 aromatic carbocycles. The monoisotopic (exact) mass is 248 g/mol. The molecule has 17 heavy (non-hydrogen) atoms. The minimum Gasteiger partial charge on any atom is -0.352 e. The fourth-order valence-corrected chi connectivity index (χ4v) is 2.70. The van der Waals surface area contributed by atoms with Crippen LogP contribution < -0.4 is 11.1 Å². The van der Waals surface area contributed by atoms with Gasteiger partial charge in [0.1, 0.15) is 11.0 Å². The summed E-state index contributed by atoms with van der Waals surface area (Å²) in [5.74, 6) is 0. The maximum atomic E-state index is 10.9. The third-order valence-electron chi connectivity index (χ3n) is 3.14. The molecule has 0 spiro atoms. The number of carbonyl (C=O) groups excluding carboxylic acids is 1. The summed E-state index contributed by atoms with van der Waals surface area (Å²) in [5, 5.41) is 2.83. The van der Waals surface area contributed by atoms with Crippen LogP contribution in [-0.4, -0.2) is 20.3 Å². The van der Waals surface area contributed by atoms with Gasteiger partial charge in [0.15, 0.2) is 0 Å². The molecule has 1 saturated carbocycles. The smallest absolute Gasteiger partial charge is 0.312 e. The van der Waals surface area contributed by atoms with Gasteiger partial charge in [-0.3, -0.25) is 0 Å². The van der Waals surface area contributed by atoms with E-state index < -0.39 is 6.03 Å². The molecule has 3 N–H and O–H groups in total. The van der Waals surface area contributed by atoms with Crippen LogP contribution in [0.4, 0.5) is 4.79 Å². The van der Waals surface area contributed by atoms with Crippen LogP contribution in [0.5, 0.6) is 0 Å². The summed E-state index contributed by atoms with van der Waals surface area (Å²) >= 11 is 1.22. The van der Waals surface area contributed by atoms with E-state index in [0.29, 0.717) is 0 Å². The van der Waals surface area contributed by atoms with Crippen molar-refractivity contribution in [1.29, 1.82) is 0 Å². The number of carbonyl (C=O) groups is 1. The van der Waals surface area contributed by atoms with Crippen LogP contribution in [0.2, 0.25) is 0 Å². The summed E-state index contributed by atoms with van der Waals surface area (Å²) in [5.41, 5.74) is 8.03. The second-order valence-electron chi connectivity index (χ2n) is 4.50. The lowest BCUT2D eigenvalue weighted by Crippen LogP contribution is -2.41. The average Bonchev–Trinajstić information content (AvgIpc) is 2.85. The Bertz CT molecular complexity index is 576. The molecule has 1 aromatic heterocycles. The van der Waals surface area contributed by atoms with Crippen molar-refractivity contribution in [1.82, 2.24) is 14.1 Å². The van der Waals surface area contributed by atoms with Crippen LogP contribution in [0.3, 0.4) is 0 Å². The van der Waals surface area contributed by atoms with E-state index in [1.807, 2.05) is 18.2 Å². The van der Waals surface area contributed by atoms with Gasteiger partial charge in [-0.05, 0) is 30.9 Å². The second kappa shape index (κ2) is 3.66. The SMILES string of the molecule is NC(=O)NC1(Cc2cccc3nsnc23)CC1. The summed E-state index contributed by atoms with van der Waals surface area (Å²) in [6.45, 7) is 0. The van der Waals surface area contributed by atoms with E-state index in [2.05, 4.69) is 14.1 Å². The first-order chi connectivity index (χ1) is 8.19. The second-order valence-corrected chi connectivity index (χ2v) is 5.02. The molecule has 1 fully saturated rings. The van der Waals surface area contributed by atoms with Crippen molar-refractivity contribution in [2.24, 2.45) is 5.73 Å². The van der Waals surface area contributed by atoms with E-state index in [0.717, 1.165) is 35.9 Å². The van der Waals surface area contributed by atoms with Crippen LogP contribution in [0.25, 0.3) is 11.0 Å². The molecule has 1 heterocycles. The van der Waals surface area contributed by atoms with E-state index in [9.17, 15) is 4.79 Å². The predicted octanol–water partition coefficient (Wildman–Crippen LogP) is 1.43. The summed E-state index contributed by atoms with van der Waals surface area (Å²) in [7, 11) is 0. The van der Waals surface area contributed by atoms with Crippen molar-refractivity contribution < 1.29 is 4.79 Å². The molecule has 0 atom stereocenters. The third kappa shape index (κ3) is 1.95. The number of amides is 2. The number of fused-ring (bicyclic) bond motifs is 1. The van der Waals surface area contributed by atoms with Crippen LogP contribution >= 0.6 is 11.7 Å². The van der Waals surface area contributed by atoms with Crippen LogP contribution in [0.1, 0.15) is 18.4 Å². The van der Waals surface area contributed by atoms with Crippen molar-refractivity contribution in [2.75, 3.05) is 0 Å². The maximum Gasteiger partial charge on any atom is 0.312 e. The molecule has 88 valence electrons. The molecule has 5 nitrogen and oxygen atoms in total. The number of nitrogens with zero attached hydrogens (tertiary/aromatic N) is 2. The van der Waals surface area contributed by atoms with Crippen molar-refractivity contribution in [3.8, 4) is 0 Å². The highest BCUT2D eigenvalue weighted by atomic mass is 32.1. The first-order valence-electron chi connectivity index (χ1n) is 5.46. The van der Waals surface area contributed by atoms with Gasteiger partial charge >= 0.3 is 6.03 Å². The number of hydrogen-bond acceptors (Lipinski definition) is 4. The highest BCUT2D eigenvalue weighted by Crippen LogP contribution is 2.39. The van der Waals surface area contributed by atoms with Gasteiger partial charge in [0, 0.05) is 5.54 Å². The van der Waals surface area contributed by atoms with Crippen molar-refractivity contribution >= 4 is 28.8 Å². The average molecular weight is 248 g/mol. The largest absolute Gasteiger partial charge is 0.352 e. The highest BCUT2D eigenvalue weighted by molar-refractivity contribution is 7.00. The molecule has 2 amide bonds. The van der Waals surface area contributed by atoms with Crippen LogP contribution in [-0.2, 0) is 6.42 Å². The minimum atomic E-state index is -0.453. The Balaban J connectivity index is 1.90. The summed E-state index contributed by atoms with van der Waals surface area (Å²) in [6, 6.07) is 5.50. The van der Waals surface area contributed by atoms with E-state index in [-0.39, 0.29) is 5.54 Å². The Hall–Kier alpha value is -1.69. The first-order valence-corrected chi connectivity index (χ1v) is 6.19. The number of rotatable bonds is 3. The minimum absolute atomic E-state index is 0.149. The Kier molecular flexibility index (Phi) is 2.25.